The van der Waals surface area contributed by atoms with Gasteiger partial charge in [-0.2, -0.15) is 0 Å². The Balaban J connectivity index is 2.34. The van der Waals surface area contributed by atoms with Crippen LogP contribution in [0.3, 0.4) is 0 Å². The van der Waals surface area contributed by atoms with Gasteiger partial charge in [0.1, 0.15) is 10.4 Å². The average molecular weight is 245 g/mol. The van der Waals surface area contributed by atoms with Crippen LogP contribution >= 0.6 is 23.2 Å². The van der Waals surface area contributed by atoms with Crippen LogP contribution in [0, 0.1) is 5.92 Å². The quantitative estimate of drug-likeness (QED) is 0.808. The highest BCUT2D eigenvalue weighted by Crippen LogP contribution is 2.47. The average Bonchev–Trinajstić information content (AvgIpc) is 2.16. The molecule has 2 rings (SSSR count). The van der Waals surface area contributed by atoms with E-state index < -0.39 is 10.4 Å². The Morgan fingerprint density at radius 3 is 2.20 bits per heavy atom. The molecule has 1 atom stereocenters. The summed E-state index contributed by atoms with van der Waals surface area (Å²) in [6.45, 7) is 0. The monoisotopic (exact) mass is 244 g/mol. The number of hydrogen-bond donors (Lipinski definition) is 1. The Morgan fingerprint density at radius 1 is 1.20 bits per heavy atom. The smallest absolute Gasteiger partial charge is 0.140 e. The second-order valence-corrected chi connectivity index (χ2v) is 5.22. The Bertz CT molecular complexity index is 322. The van der Waals surface area contributed by atoms with E-state index in [-0.39, 0.29) is 5.92 Å². The first-order chi connectivity index (χ1) is 7.15. The van der Waals surface area contributed by atoms with Crippen LogP contribution in [-0.4, -0.2) is 9.94 Å². The molecule has 1 aliphatic rings. The number of hydrogen-bond acceptors (Lipinski definition) is 1. The summed E-state index contributed by atoms with van der Waals surface area (Å²) in [6, 6.07) is 9.48. The summed E-state index contributed by atoms with van der Waals surface area (Å²) in [5, 5.41) is 10.6. The number of rotatable bonds is 3. The molecule has 1 saturated carbocycles. The van der Waals surface area contributed by atoms with Gasteiger partial charge in [0.25, 0.3) is 0 Å². The summed E-state index contributed by atoms with van der Waals surface area (Å²) in [5.74, 6) is 0.194. The van der Waals surface area contributed by atoms with Gasteiger partial charge in [-0.1, -0.05) is 36.8 Å². The fourth-order valence-electron chi connectivity index (χ4n) is 2.09. The lowest BCUT2D eigenvalue weighted by Crippen LogP contribution is -2.44. The van der Waals surface area contributed by atoms with Crippen LogP contribution in [-0.2, 0) is 5.60 Å². The third kappa shape index (κ3) is 1.89. The molecule has 0 bridgehead atoms. The molecule has 1 nitrogen and oxygen atoms in total. The zero-order valence-corrected chi connectivity index (χ0v) is 9.88. The minimum absolute atomic E-state index is 0.194. The molecule has 0 spiro atoms. The van der Waals surface area contributed by atoms with E-state index in [4.69, 9.17) is 23.2 Å². The van der Waals surface area contributed by atoms with E-state index in [0.717, 1.165) is 24.8 Å². The standard InChI is InChI=1S/C12H14Cl2O/c13-11(14)12(15,10-7-4-8-10)9-5-2-1-3-6-9/h1-3,5-6,10-11,15H,4,7-8H2. The molecule has 1 unspecified atom stereocenters. The zero-order valence-electron chi connectivity index (χ0n) is 8.37. The molecule has 1 N–H and O–H groups in total. The van der Waals surface area contributed by atoms with E-state index in [1.807, 2.05) is 30.3 Å². The van der Waals surface area contributed by atoms with Gasteiger partial charge in [-0.05, 0) is 24.3 Å². The van der Waals surface area contributed by atoms with Gasteiger partial charge in [0.05, 0.1) is 0 Å². The van der Waals surface area contributed by atoms with Crippen LogP contribution in [0.5, 0.6) is 0 Å². The van der Waals surface area contributed by atoms with Gasteiger partial charge in [0.15, 0.2) is 0 Å². The van der Waals surface area contributed by atoms with E-state index >= 15 is 0 Å². The highest BCUT2D eigenvalue weighted by molar-refractivity contribution is 6.45. The van der Waals surface area contributed by atoms with E-state index in [2.05, 4.69) is 0 Å². The van der Waals surface area contributed by atoms with Crippen molar-refractivity contribution in [3.8, 4) is 0 Å². The molecule has 1 aromatic rings. The Morgan fingerprint density at radius 2 is 1.80 bits per heavy atom. The third-order valence-electron chi connectivity index (χ3n) is 3.30. The lowest BCUT2D eigenvalue weighted by molar-refractivity contribution is -0.0448. The maximum atomic E-state index is 10.6. The van der Waals surface area contributed by atoms with Crippen LogP contribution in [0.4, 0.5) is 0 Å². The minimum atomic E-state index is -1.08. The first-order valence-electron chi connectivity index (χ1n) is 5.21. The van der Waals surface area contributed by atoms with Crippen molar-refractivity contribution in [1.82, 2.24) is 0 Å². The van der Waals surface area contributed by atoms with Crippen molar-refractivity contribution in [2.45, 2.75) is 29.7 Å². The van der Waals surface area contributed by atoms with Crippen molar-refractivity contribution >= 4 is 23.2 Å². The maximum Gasteiger partial charge on any atom is 0.140 e. The Hall–Kier alpha value is -0.240. The van der Waals surface area contributed by atoms with Crippen molar-refractivity contribution in [2.24, 2.45) is 5.92 Å². The molecule has 0 aromatic heterocycles. The Labute approximate surface area is 100 Å². The molecule has 0 aliphatic heterocycles. The van der Waals surface area contributed by atoms with Gasteiger partial charge >= 0.3 is 0 Å². The molecule has 3 heteroatoms. The summed E-state index contributed by atoms with van der Waals surface area (Å²) in [6.07, 6.45) is 3.16. The lowest BCUT2D eigenvalue weighted by atomic mass is 9.70. The summed E-state index contributed by atoms with van der Waals surface area (Å²) in [4.78, 5) is -0.773. The predicted octanol–water partition coefficient (Wildman–Crippen LogP) is 3.48. The molecule has 0 heterocycles. The van der Waals surface area contributed by atoms with E-state index in [0.29, 0.717) is 0 Å². The summed E-state index contributed by atoms with van der Waals surface area (Å²) < 4.78 is 0. The van der Waals surface area contributed by atoms with Gasteiger partial charge in [-0.3, -0.25) is 0 Å². The van der Waals surface area contributed by atoms with Gasteiger partial charge in [0.2, 0.25) is 0 Å². The minimum Gasteiger partial charge on any atom is -0.382 e. The summed E-state index contributed by atoms with van der Waals surface area (Å²) in [5.41, 5.74) is -0.257. The SMILES string of the molecule is OC(c1ccccc1)(C(Cl)Cl)C1CCC1. The second-order valence-electron chi connectivity index (χ2n) is 4.12. The fourth-order valence-corrected chi connectivity index (χ4v) is 2.70. The molecular weight excluding hydrogens is 231 g/mol. The first-order valence-corrected chi connectivity index (χ1v) is 6.09. The van der Waals surface area contributed by atoms with Crippen molar-refractivity contribution < 1.29 is 5.11 Å². The van der Waals surface area contributed by atoms with Gasteiger partial charge < -0.3 is 5.11 Å². The highest BCUT2D eigenvalue weighted by atomic mass is 35.5. The normalized spacial score (nSPS) is 21.1. The topological polar surface area (TPSA) is 20.2 Å². The molecule has 15 heavy (non-hydrogen) atoms. The summed E-state index contributed by atoms with van der Waals surface area (Å²) >= 11 is 11.9. The zero-order chi connectivity index (χ0) is 10.9. The number of halogens is 2. The van der Waals surface area contributed by atoms with Crippen molar-refractivity contribution in [2.75, 3.05) is 0 Å². The summed E-state index contributed by atoms with van der Waals surface area (Å²) in [7, 11) is 0. The molecule has 0 radical (unpaired) electrons. The predicted molar refractivity (Wildman–Crippen MR) is 63.2 cm³/mol. The van der Waals surface area contributed by atoms with Crippen LogP contribution in [0.2, 0.25) is 0 Å². The molecule has 0 saturated heterocycles. The van der Waals surface area contributed by atoms with E-state index in [1.54, 1.807) is 0 Å². The molecular formula is C12H14Cl2O. The second kappa shape index (κ2) is 4.32. The third-order valence-corrected chi connectivity index (χ3v) is 3.96. The molecule has 1 aromatic carbocycles. The van der Waals surface area contributed by atoms with E-state index in [1.165, 1.54) is 0 Å². The van der Waals surface area contributed by atoms with Gasteiger partial charge in [0, 0.05) is 0 Å². The van der Waals surface area contributed by atoms with Crippen LogP contribution in [0.25, 0.3) is 0 Å². The van der Waals surface area contributed by atoms with Gasteiger partial charge in [-0.15, -0.1) is 23.2 Å². The first kappa shape index (κ1) is 11.3. The van der Waals surface area contributed by atoms with Crippen LogP contribution < -0.4 is 0 Å². The van der Waals surface area contributed by atoms with Crippen molar-refractivity contribution in [1.29, 1.82) is 0 Å². The molecule has 82 valence electrons. The molecule has 0 amide bonds. The fraction of sp³-hybridized carbons (Fsp3) is 0.500. The van der Waals surface area contributed by atoms with Crippen LogP contribution in [0.1, 0.15) is 24.8 Å². The molecule has 1 aliphatic carbocycles. The van der Waals surface area contributed by atoms with Gasteiger partial charge in [-0.25, -0.2) is 0 Å². The number of aliphatic hydroxyl groups is 1. The number of alkyl halides is 2. The van der Waals surface area contributed by atoms with Crippen molar-refractivity contribution in [3.63, 3.8) is 0 Å². The largest absolute Gasteiger partial charge is 0.382 e. The maximum absolute atomic E-state index is 10.6. The molecule has 1 fully saturated rings. The number of benzene rings is 1. The van der Waals surface area contributed by atoms with Crippen LogP contribution in [0.15, 0.2) is 30.3 Å². The lowest BCUT2D eigenvalue weighted by Gasteiger charge is -2.42. The van der Waals surface area contributed by atoms with Crippen molar-refractivity contribution in [3.05, 3.63) is 35.9 Å². The Kier molecular flexibility index (Phi) is 3.24. The highest BCUT2D eigenvalue weighted by Gasteiger charge is 2.46. The van der Waals surface area contributed by atoms with E-state index in [9.17, 15) is 5.11 Å².